The van der Waals surface area contributed by atoms with Gasteiger partial charge in [-0.15, -0.1) is 0 Å². The summed E-state index contributed by atoms with van der Waals surface area (Å²) in [6.45, 7) is 1.45. The number of halogens is 3. The van der Waals surface area contributed by atoms with E-state index in [4.69, 9.17) is 4.74 Å². The second-order valence-electron chi connectivity index (χ2n) is 8.04. The first kappa shape index (κ1) is 25.1. The van der Waals surface area contributed by atoms with Crippen molar-refractivity contribution in [3.8, 4) is 5.75 Å². The van der Waals surface area contributed by atoms with E-state index in [9.17, 15) is 22.8 Å². The highest BCUT2D eigenvalue weighted by molar-refractivity contribution is 8.00. The number of carbonyl (C=O) groups is 1. The number of nitrogens with zero attached hydrogens (tertiary/aromatic N) is 3. The van der Waals surface area contributed by atoms with E-state index in [0.717, 1.165) is 73.4 Å². The molecule has 3 rings (SSSR count). The van der Waals surface area contributed by atoms with E-state index in [1.807, 2.05) is 14.1 Å². The van der Waals surface area contributed by atoms with Crippen LogP contribution >= 0.6 is 11.8 Å². The molecule has 0 atom stereocenters. The number of benzene rings is 1. The van der Waals surface area contributed by atoms with Crippen molar-refractivity contribution < 1.29 is 22.7 Å². The lowest BCUT2D eigenvalue weighted by atomic mass is 10.2. The second-order valence-corrected chi connectivity index (χ2v) is 9.00. The zero-order chi connectivity index (χ0) is 24.2. The number of ether oxygens (including phenoxy) is 1. The average Bonchev–Trinajstić information content (AvgIpc) is 3.23. The fraction of sp³-hybridized carbons (Fsp3) is 0.500. The molecule has 2 aromatic rings. The van der Waals surface area contributed by atoms with Gasteiger partial charge >= 0.3 is 11.9 Å². The van der Waals surface area contributed by atoms with E-state index in [1.165, 1.54) is 7.11 Å². The van der Waals surface area contributed by atoms with Crippen LogP contribution in [-0.2, 0) is 30.4 Å². The predicted octanol–water partition coefficient (Wildman–Crippen LogP) is 3.44. The zero-order valence-electron chi connectivity index (χ0n) is 18.8. The number of anilines is 1. The summed E-state index contributed by atoms with van der Waals surface area (Å²) < 4.78 is 45.9. The Hall–Kier alpha value is -2.53. The molecule has 180 valence electrons. The van der Waals surface area contributed by atoms with E-state index in [2.05, 4.69) is 15.2 Å². The number of fused-ring (bicyclic) bond motifs is 1. The number of thioether (sulfide) groups is 1. The quantitative estimate of drug-likeness (QED) is 0.434. The molecule has 1 aliphatic carbocycles. The van der Waals surface area contributed by atoms with E-state index in [-0.39, 0.29) is 22.9 Å². The number of amides is 1. The summed E-state index contributed by atoms with van der Waals surface area (Å²) >= 11 is 1.12. The highest BCUT2D eigenvalue weighted by atomic mass is 32.2. The van der Waals surface area contributed by atoms with Crippen molar-refractivity contribution in [2.45, 2.75) is 43.4 Å². The molecule has 0 saturated carbocycles. The molecule has 0 bridgehead atoms. The van der Waals surface area contributed by atoms with Gasteiger partial charge in [0.05, 0.1) is 24.1 Å². The Morgan fingerprint density at radius 2 is 2.06 bits per heavy atom. The second kappa shape index (κ2) is 10.6. The number of nitrogens with one attached hydrogen (secondary N) is 1. The van der Waals surface area contributed by atoms with Gasteiger partial charge in [0.2, 0.25) is 5.91 Å². The van der Waals surface area contributed by atoms with Crippen LogP contribution in [0.25, 0.3) is 0 Å². The highest BCUT2D eigenvalue weighted by Crippen LogP contribution is 2.35. The smallest absolute Gasteiger partial charge is 0.416 e. The normalized spacial score (nSPS) is 13.3. The van der Waals surface area contributed by atoms with Crippen LogP contribution in [0.15, 0.2) is 28.0 Å². The lowest BCUT2D eigenvalue weighted by molar-refractivity contribution is -0.137. The molecule has 0 saturated heterocycles. The number of alkyl halides is 3. The number of hydrogen-bond acceptors (Lipinski definition) is 6. The van der Waals surface area contributed by atoms with Gasteiger partial charge in [0.25, 0.3) is 0 Å². The average molecular weight is 485 g/mol. The third-order valence-electron chi connectivity index (χ3n) is 5.33. The number of hydrogen-bond donors (Lipinski definition) is 1. The van der Waals surface area contributed by atoms with Gasteiger partial charge in [0, 0.05) is 17.8 Å². The van der Waals surface area contributed by atoms with Crippen molar-refractivity contribution in [1.29, 1.82) is 0 Å². The van der Waals surface area contributed by atoms with Crippen LogP contribution in [0.1, 0.15) is 29.7 Å². The molecule has 0 spiro atoms. The van der Waals surface area contributed by atoms with E-state index in [1.54, 1.807) is 4.57 Å². The SMILES string of the molecule is COc1ccc(C(F)(F)F)cc1NC(=O)CSc1nc(=O)n(CCCN(C)C)c2c1CCC2. The molecular weight excluding hydrogens is 457 g/mol. The molecule has 0 unspecified atom stereocenters. The first-order valence-electron chi connectivity index (χ1n) is 10.6. The molecule has 7 nitrogen and oxygen atoms in total. The van der Waals surface area contributed by atoms with Crippen molar-refractivity contribution in [1.82, 2.24) is 14.5 Å². The maximum Gasteiger partial charge on any atom is 0.416 e. The van der Waals surface area contributed by atoms with Crippen molar-refractivity contribution in [3.63, 3.8) is 0 Å². The largest absolute Gasteiger partial charge is 0.495 e. The Morgan fingerprint density at radius 3 is 2.73 bits per heavy atom. The Bertz CT molecular complexity index is 1070. The first-order valence-corrected chi connectivity index (χ1v) is 11.5. The molecular formula is C22H27F3N4O3S. The topological polar surface area (TPSA) is 76.5 Å². The van der Waals surface area contributed by atoms with Crippen LogP contribution in [0.2, 0.25) is 0 Å². The maximum atomic E-state index is 13.0. The van der Waals surface area contributed by atoms with E-state index >= 15 is 0 Å². The monoisotopic (exact) mass is 484 g/mol. The molecule has 1 N–H and O–H groups in total. The van der Waals surface area contributed by atoms with Crippen LogP contribution in [0.5, 0.6) is 5.75 Å². The minimum Gasteiger partial charge on any atom is -0.495 e. The summed E-state index contributed by atoms with van der Waals surface area (Å²) in [5.41, 5.74) is 0.665. The molecule has 1 heterocycles. The Balaban J connectivity index is 1.72. The fourth-order valence-corrected chi connectivity index (χ4v) is 4.66. The fourth-order valence-electron chi connectivity index (χ4n) is 3.78. The molecule has 11 heteroatoms. The first-order chi connectivity index (χ1) is 15.6. The van der Waals surface area contributed by atoms with Crippen LogP contribution in [-0.4, -0.2) is 53.9 Å². The molecule has 0 fully saturated rings. The highest BCUT2D eigenvalue weighted by Gasteiger charge is 2.31. The molecule has 1 amide bonds. The Morgan fingerprint density at radius 1 is 1.30 bits per heavy atom. The van der Waals surface area contributed by atoms with Crippen molar-refractivity contribution >= 4 is 23.4 Å². The van der Waals surface area contributed by atoms with E-state index < -0.39 is 17.6 Å². The van der Waals surface area contributed by atoms with Crippen LogP contribution in [0.3, 0.4) is 0 Å². The van der Waals surface area contributed by atoms with Gasteiger partial charge < -0.3 is 15.0 Å². The lowest BCUT2D eigenvalue weighted by Crippen LogP contribution is -2.29. The van der Waals surface area contributed by atoms with Crippen molar-refractivity contribution in [3.05, 3.63) is 45.5 Å². The summed E-state index contributed by atoms with van der Waals surface area (Å²) in [6, 6.07) is 2.90. The van der Waals surface area contributed by atoms with E-state index in [0.29, 0.717) is 11.6 Å². The summed E-state index contributed by atoms with van der Waals surface area (Å²) in [4.78, 5) is 31.4. The van der Waals surface area contributed by atoms with Gasteiger partial charge in [0.1, 0.15) is 10.8 Å². The van der Waals surface area contributed by atoms with Gasteiger partial charge in [-0.25, -0.2) is 4.79 Å². The van der Waals surface area contributed by atoms with Crippen LogP contribution in [0.4, 0.5) is 18.9 Å². The number of methoxy groups -OCH3 is 1. The lowest BCUT2D eigenvalue weighted by Gasteiger charge is -2.16. The number of aromatic nitrogens is 2. The predicted molar refractivity (Wildman–Crippen MR) is 121 cm³/mol. The summed E-state index contributed by atoms with van der Waals surface area (Å²) in [5, 5.41) is 2.99. The number of rotatable bonds is 9. The minimum absolute atomic E-state index is 0.0626. The van der Waals surface area contributed by atoms with Gasteiger partial charge in [0.15, 0.2) is 0 Å². The van der Waals surface area contributed by atoms with Gasteiger partial charge in [-0.3, -0.25) is 9.36 Å². The molecule has 1 aliphatic rings. The van der Waals surface area contributed by atoms with Crippen molar-refractivity contribution in [2.24, 2.45) is 0 Å². The van der Waals surface area contributed by atoms with Crippen LogP contribution < -0.4 is 15.7 Å². The van der Waals surface area contributed by atoms with Gasteiger partial charge in [-0.2, -0.15) is 18.2 Å². The minimum atomic E-state index is -4.54. The summed E-state index contributed by atoms with van der Waals surface area (Å²) in [7, 11) is 5.27. The molecule has 1 aromatic carbocycles. The Kier molecular flexibility index (Phi) is 8.06. The number of carbonyl (C=O) groups excluding carboxylic acids is 1. The third kappa shape index (κ3) is 6.29. The van der Waals surface area contributed by atoms with Gasteiger partial charge in [-0.05, 0) is 64.5 Å². The standard InChI is InChI=1S/C22H27F3N4O3S/c1-28(2)10-5-11-29-17-7-4-6-15(17)20(27-21(29)31)33-13-19(30)26-16-12-14(22(23,24)25)8-9-18(16)32-3/h8-9,12H,4-7,10-11,13H2,1-3H3,(H,26,30). The van der Waals surface area contributed by atoms with Crippen LogP contribution in [0, 0.1) is 0 Å². The molecule has 1 aromatic heterocycles. The van der Waals surface area contributed by atoms with Crippen molar-refractivity contribution in [2.75, 3.05) is 38.8 Å². The molecule has 0 aliphatic heterocycles. The summed E-state index contributed by atoms with van der Waals surface area (Å²) in [5.74, 6) is -0.481. The maximum absolute atomic E-state index is 13.0. The van der Waals surface area contributed by atoms with Gasteiger partial charge in [-0.1, -0.05) is 11.8 Å². The third-order valence-corrected chi connectivity index (χ3v) is 6.35. The summed E-state index contributed by atoms with van der Waals surface area (Å²) in [6.07, 6.45) is -1.23. The molecule has 0 radical (unpaired) electrons. The zero-order valence-corrected chi connectivity index (χ0v) is 19.6. The Labute approximate surface area is 194 Å². The molecule has 33 heavy (non-hydrogen) atoms.